The topological polar surface area (TPSA) is 15.3 Å². The van der Waals surface area contributed by atoms with Gasteiger partial charge >= 0.3 is 0 Å². The SMILES string of the molecule is Cc1sc(CNCC(C)C)cc1CN1CC(C)C(C)C1. The van der Waals surface area contributed by atoms with Crippen LogP contribution in [0.2, 0.25) is 0 Å². The average molecular weight is 295 g/mol. The van der Waals surface area contributed by atoms with Crippen LogP contribution in [0.3, 0.4) is 0 Å². The van der Waals surface area contributed by atoms with Crippen LogP contribution in [0.15, 0.2) is 6.07 Å². The Morgan fingerprint density at radius 2 is 1.95 bits per heavy atom. The van der Waals surface area contributed by atoms with Gasteiger partial charge in [-0.3, -0.25) is 4.90 Å². The van der Waals surface area contributed by atoms with Gasteiger partial charge in [0.15, 0.2) is 0 Å². The van der Waals surface area contributed by atoms with E-state index < -0.39 is 0 Å². The number of thiophene rings is 1. The van der Waals surface area contributed by atoms with Crippen molar-refractivity contribution in [3.63, 3.8) is 0 Å². The van der Waals surface area contributed by atoms with E-state index in [2.05, 4.69) is 50.9 Å². The Morgan fingerprint density at radius 1 is 1.30 bits per heavy atom. The summed E-state index contributed by atoms with van der Waals surface area (Å²) in [6, 6.07) is 2.42. The van der Waals surface area contributed by atoms with E-state index in [1.165, 1.54) is 28.4 Å². The molecule has 2 rings (SSSR count). The first-order valence-electron chi connectivity index (χ1n) is 7.97. The highest BCUT2D eigenvalue weighted by molar-refractivity contribution is 7.12. The molecule has 1 saturated heterocycles. The molecule has 0 amide bonds. The second-order valence-corrected chi connectivity index (χ2v) is 8.31. The Morgan fingerprint density at radius 3 is 2.55 bits per heavy atom. The number of likely N-dealkylation sites (tertiary alicyclic amines) is 1. The molecule has 1 aliphatic rings. The molecular weight excluding hydrogens is 264 g/mol. The smallest absolute Gasteiger partial charge is 0.0300 e. The molecule has 0 spiro atoms. The summed E-state index contributed by atoms with van der Waals surface area (Å²) in [5.41, 5.74) is 1.54. The lowest BCUT2D eigenvalue weighted by molar-refractivity contribution is 0.316. The van der Waals surface area contributed by atoms with Crippen molar-refractivity contribution in [1.29, 1.82) is 0 Å². The first-order valence-corrected chi connectivity index (χ1v) is 8.78. The zero-order valence-corrected chi connectivity index (χ0v) is 14.5. The first kappa shape index (κ1) is 16.0. The van der Waals surface area contributed by atoms with Gasteiger partial charge < -0.3 is 5.32 Å². The van der Waals surface area contributed by atoms with Crippen molar-refractivity contribution in [2.24, 2.45) is 17.8 Å². The molecule has 0 aromatic carbocycles. The fourth-order valence-electron chi connectivity index (χ4n) is 2.93. The molecule has 0 saturated carbocycles. The van der Waals surface area contributed by atoms with Crippen LogP contribution in [-0.4, -0.2) is 24.5 Å². The van der Waals surface area contributed by atoms with Crippen LogP contribution in [0.4, 0.5) is 0 Å². The molecule has 1 aromatic heterocycles. The third kappa shape index (κ3) is 4.31. The van der Waals surface area contributed by atoms with E-state index in [0.29, 0.717) is 0 Å². The molecule has 1 aliphatic heterocycles. The van der Waals surface area contributed by atoms with Crippen molar-refractivity contribution in [2.75, 3.05) is 19.6 Å². The predicted octanol–water partition coefficient (Wildman–Crippen LogP) is 3.89. The normalized spacial score (nSPS) is 23.9. The first-order chi connectivity index (χ1) is 9.45. The van der Waals surface area contributed by atoms with Gasteiger partial charge in [0.1, 0.15) is 0 Å². The third-order valence-electron chi connectivity index (χ3n) is 4.38. The van der Waals surface area contributed by atoms with Crippen molar-refractivity contribution < 1.29 is 0 Å². The molecule has 2 atom stereocenters. The van der Waals surface area contributed by atoms with E-state index in [0.717, 1.165) is 37.4 Å². The molecule has 0 radical (unpaired) electrons. The monoisotopic (exact) mass is 294 g/mol. The third-order valence-corrected chi connectivity index (χ3v) is 5.47. The zero-order chi connectivity index (χ0) is 14.7. The highest BCUT2D eigenvalue weighted by Crippen LogP contribution is 2.27. The lowest BCUT2D eigenvalue weighted by atomic mass is 10.0. The molecule has 3 heteroatoms. The van der Waals surface area contributed by atoms with Gasteiger partial charge in [-0.2, -0.15) is 0 Å². The fraction of sp³-hybridized carbons (Fsp3) is 0.765. The summed E-state index contributed by atoms with van der Waals surface area (Å²) in [7, 11) is 0. The summed E-state index contributed by atoms with van der Waals surface area (Å²) in [5, 5.41) is 3.55. The maximum Gasteiger partial charge on any atom is 0.0300 e. The second kappa shape index (κ2) is 7.06. The summed E-state index contributed by atoms with van der Waals surface area (Å²) in [4.78, 5) is 5.60. The highest BCUT2D eigenvalue weighted by atomic mass is 32.1. The average Bonchev–Trinajstić information content (AvgIpc) is 2.84. The predicted molar refractivity (Wildman–Crippen MR) is 89.2 cm³/mol. The number of rotatable bonds is 6. The number of hydrogen-bond acceptors (Lipinski definition) is 3. The Labute approximate surface area is 128 Å². The van der Waals surface area contributed by atoms with Gasteiger partial charge in [0.05, 0.1) is 0 Å². The lowest BCUT2D eigenvalue weighted by Gasteiger charge is -2.14. The molecule has 114 valence electrons. The van der Waals surface area contributed by atoms with Crippen LogP contribution in [0, 0.1) is 24.7 Å². The van der Waals surface area contributed by atoms with Crippen molar-refractivity contribution in [1.82, 2.24) is 10.2 Å². The molecule has 1 aromatic rings. The number of nitrogens with one attached hydrogen (secondary N) is 1. The molecule has 2 nitrogen and oxygen atoms in total. The number of aryl methyl sites for hydroxylation is 1. The minimum absolute atomic E-state index is 0.725. The van der Waals surface area contributed by atoms with Gasteiger partial charge in [-0.05, 0) is 42.9 Å². The van der Waals surface area contributed by atoms with Gasteiger partial charge in [0.2, 0.25) is 0 Å². The van der Waals surface area contributed by atoms with Crippen LogP contribution in [-0.2, 0) is 13.1 Å². The van der Waals surface area contributed by atoms with Crippen molar-refractivity contribution in [3.8, 4) is 0 Å². The Kier molecular flexibility index (Phi) is 5.65. The Bertz CT molecular complexity index is 415. The quantitative estimate of drug-likeness (QED) is 0.856. The molecule has 1 N–H and O–H groups in total. The van der Waals surface area contributed by atoms with Crippen LogP contribution >= 0.6 is 11.3 Å². The second-order valence-electron chi connectivity index (χ2n) is 6.97. The molecule has 2 unspecified atom stereocenters. The van der Waals surface area contributed by atoms with Gasteiger partial charge in [0.25, 0.3) is 0 Å². The van der Waals surface area contributed by atoms with Crippen LogP contribution in [0.25, 0.3) is 0 Å². The highest BCUT2D eigenvalue weighted by Gasteiger charge is 2.26. The van der Waals surface area contributed by atoms with E-state index in [-0.39, 0.29) is 0 Å². The maximum atomic E-state index is 3.55. The minimum Gasteiger partial charge on any atom is -0.312 e. The van der Waals surface area contributed by atoms with Crippen LogP contribution in [0.1, 0.15) is 43.0 Å². The van der Waals surface area contributed by atoms with Crippen molar-refractivity contribution >= 4 is 11.3 Å². The van der Waals surface area contributed by atoms with Gasteiger partial charge in [-0.15, -0.1) is 11.3 Å². The molecule has 0 aliphatic carbocycles. The van der Waals surface area contributed by atoms with Gasteiger partial charge in [-0.1, -0.05) is 27.7 Å². The Balaban J connectivity index is 1.87. The lowest BCUT2D eigenvalue weighted by Crippen LogP contribution is -2.20. The van der Waals surface area contributed by atoms with E-state index in [1.54, 1.807) is 0 Å². The van der Waals surface area contributed by atoms with E-state index in [1.807, 2.05) is 11.3 Å². The van der Waals surface area contributed by atoms with Crippen LogP contribution < -0.4 is 5.32 Å². The summed E-state index contributed by atoms with van der Waals surface area (Å²) in [6.07, 6.45) is 0. The summed E-state index contributed by atoms with van der Waals surface area (Å²) in [5.74, 6) is 2.42. The molecule has 1 fully saturated rings. The van der Waals surface area contributed by atoms with Gasteiger partial charge in [0, 0.05) is 35.9 Å². The fourth-order valence-corrected chi connectivity index (χ4v) is 3.96. The maximum absolute atomic E-state index is 3.55. The number of hydrogen-bond donors (Lipinski definition) is 1. The van der Waals surface area contributed by atoms with Crippen molar-refractivity contribution in [2.45, 2.75) is 47.7 Å². The van der Waals surface area contributed by atoms with Crippen molar-refractivity contribution in [3.05, 3.63) is 21.4 Å². The van der Waals surface area contributed by atoms with E-state index in [4.69, 9.17) is 0 Å². The largest absolute Gasteiger partial charge is 0.312 e. The summed E-state index contributed by atoms with van der Waals surface area (Å²) >= 11 is 1.96. The van der Waals surface area contributed by atoms with Crippen LogP contribution in [0.5, 0.6) is 0 Å². The van der Waals surface area contributed by atoms with Gasteiger partial charge in [-0.25, -0.2) is 0 Å². The summed E-state index contributed by atoms with van der Waals surface area (Å²) in [6.45, 7) is 17.3. The number of nitrogens with zero attached hydrogens (tertiary/aromatic N) is 1. The Hall–Kier alpha value is -0.380. The molecule has 2 heterocycles. The minimum atomic E-state index is 0.725. The zero-order valence-electron chi connectivity index (χ0n) is 13.7. The molecule has 0 bridgehead atoms. The molecule has 20 heavy (non-hydrogen) atoms. The van der Waals surface area contributed by atoms with E-state index in [9.17, 15) is 0 Å². The molecular formula is C17H30N2S. The van der Waals surface area contributed by atoms with E-state index >= 15 is 0 Å². The summed E-state index contributed by atoms with van der Waals surface area (Å²) < 4.78 is 0. The standard InChI is InChI=1S/C17H30N2S/c1-12(2)7-18-8-17-6-16(15(5)20-17)11-19-9-13(3)14(4)10-19/h6,12-14,18H,7-11H2,1-5H3.